The third kappa shape index (κ3) is 3.76. The van der Waals surface area contributed by atoms with Crippen molar-refractivity contribution in [3.63, 3.8) is 0 Å². The van der Waals surface area contributed by atoms with Gasteiger partial charge in [0.05, 0.1) is 5.02 Å². The van der Waals surface area contributed by atoms with Crippen molar-refractivity contribution in [3.05, 3.63) is 64.4 Å². The minimum absolute atomic E-state index is 0.131. The fourth-order valence-corrected chi connectivity index (χ4v) is 7.76. The molecule has 160 valence electrons. The Labute approximate surface area is 184 Å². The lowest BCUT2D eigenvalue weighted by Crippen LogP contribution is -2.63. The van der Waals surface area contributed by atoms with Gasteiger partial charge in [0.15, 0.2) is 0 Å². The van der Waals surface area contributed by atoms with Gasteiger partial charge in [-0.25, -0.2) is 4.39 Å². The second-order valence-electron chi connectivity index (χ2n) is 10.9. The van der Waals surface area contributed by atoms with E-state index in [1.807, 2.05) is 18.2 Å². The normalized spacial score (nSPS) is 34.3. The molecule has 4 aliphatic carbocycles. The van der Waals surface area contributed by atoms with Crippen molar-refractivity contribution in [1.29, 1.82) is 0 Å². The zero-order valence-corrected chi connectivity index (χ0v) is 18.7. The van der Waals surface area contributed by atoms with Gasteiger partial charge < -0.3 is 10.1 Å². The van der Waals surface area contributed by atoms with Gasteiger partial charge in [-0.1, -0.05) is 49.7 Å². The van der Waals surface area contributed by atoms with Crippen molar-refractivity contribution >= 4 is 11.6 Å². The van der Waals surface area contributed by atoms with Crippen LogP contribution in [-0.2, 0) is 13.2 Å². The fourth-order valence-electron chi connectivity index (χ4n) is 7.54. The number of nitrogens with one attached hydrogen (secondary N) is 1. The van der Waals surface area contributed by atoms with Gasteiger partial charge in [-0.05, 0) is 73.5 Å². The first-order valence-corrected chi connectivity index (χ1v) is 11.5. The monoisotopic (exact) mass is 427 g/mol. The summed E-state index contributed by atoms with van der Waals surface area (Å²) in [5.41, 5.74) is 2.74. The Morgan fingerprint density at radius 1 is 1.00 bits per heavy atom. The van der Waals surface area contributed by atoms with Gasteiger partial charge in [0.2, 0.25) is 0 Å². The van der Waals surface area contributed by atoms with Crippen LogP contribution < -0.4 is 10.1 Å². The van der Waals surface area contributed by atoms with E-state index in [-0.39, 0.29) is 18.0 Å². The van der Waals surface area contributed by atoms with Crippen LogP contribution in [0.15, 0.2) is 42.5 Å². The first-order chi connectivity index (χ1) is 14.3. The van der Waals surface area contributed by atoms with E-state index in [1.165, 1.54) is 44.6 Å². The Bertz CT molecular complexity index is 922. The highest BCUT2D eigenvalue weighted by atomic mass is 35.5. The Morgan fingerprint density at radius 2 is 1.73 bits per heavy atom. The van der Waals surface area contributed by atoms with Crippen LogP contribution in [-0.4, -0.2) is 5.54 Å². The quantitative estimate of drug-likeness (QED) is 0.541. The molecule has 2 aromatic rings. The van der Waals surface area contributed by atoms with E-state index in [2.05, 4.69) is 25.2 Å². The molecular formula is C26H31ClFNO. The first kappa shape index (κ1) is 20.3. The smallest absolute Gasteiger partial charge is 0.131 e. The summed E-state index contributed by atoms with van der Waals surface area (Å²) >= 11 is 6.17. The largest absolute Gasteiger partial charge is 0.488 e. The molecule has 2 nitrogen and oxygen atoms in total. The van der Waals surface area contributed by atoms with Gasteiger partial charge in [0.25, 0.3) is 0 Å². The van der Waals surface area contributed by atoms with Crippen molar-refractivity contribution < 1.29 is 9.13 Å². The Hall–Kier alpha value is -1.58. The third-order valence-electron chi connectivity index (χ3n) is 7.69. The van der Waals surface area contributed by atoms with E-state index in [1.54, 1.807) is 12.1 Å². The number of benzene rings is 2. The van der Waals surface area contributed by atoms with E-state index < -0.39 is 0 Å². The summed E-state index contributed by atoms with van der Waals surface area (Å²) in [7, 11) is 0. The molecule has 4 saturated carbocycles. The highest BCUT2D eigenvalue weighted by molar-refractivity contribution is 6.31. The van der Waals surface area contributed by atoms with Crippen LogP contribution in [0.5, 0.6) is 5.75 Å². The van der Waals surface area contributed by atoms with Crippen molar-refractivity contribution in [1.82, 2.24) is 5.32 Å². The summed E-state index contributed by atoms with van der Waals surface area (Å²) in [6.45, 7) is 5.91. The SMILES string of the molecule is CC12CC3CC(C)(C1)CC(NCc1ccccc1OCc1c(F)cccc1Cl)(C3)C2. The van der Waals surface area contributed by atoms with E-state index >= 15 is 0 Å². The lowest BCUT2D eigenvalue weighted by molar-refractivity contribution is -0.118. The molecule has 2 aromatic carbocycles. The average Bonchev–Trinajstić information content (AvgIpc) is 2.64. The fraction of sp³-hybridized carbons (Fsp3) is 0.538. The zero-order valence-electron chi connectivity index (χ0n) is 17.9. The molecule has 1 N–H and O–H groups in total. The molecule has 0 radical (unpaired) electrons. The van der Waals surface area contributed by atoms with Gasteiger partial charge in [-0.3, -0.25) is 0 Å². The van der Waals surface area contributed by atoms with Gasteiger partial charge in [0, 0.05) is 23.2 Å². The van der Waals surface area contributed by atoms with Crippen LogP contribution in [0.2, 0.25) is 5.02 Å². The van der Waals surface area contributed by atoms with Crippen LogP contribution >= 0.6 is 11.6 Å². The van der Waals surface area contributed by atoms with E-state index in [0.717, 1.165) is 23.8 Å². The predicted octanol–water partition coefficient (Wildman–Crippen LogP) is 6.90. The summed E-state index contributed by atoms with van der Waals surface area (Å²) in [5.74, 6) is 1.33. The molecule has 0 aliphatic heterocycles. The molecule has 0 aromatic heterocycles. The Balaban J connectivity index is 1.31. The second kappa shape index (κ2) is 7.24. The lowest BCUT2D eigenvalue weighted by Gasteiger charge is -2.65. The lowest BCUT2D eigenvalue weighted by atomic mass is 9.43. The van der Waals surface area contributed by atoms with E-state index in [0.29, 0.717) is 21.4 Å². The molecule has 4 heteroatoms. The van der Waals surface area contributed by atoms with Crippen LogP contribution in [0, 0.1) is 22.6 Å². The molecule has 2 unspecified atom stereocenters. The first-order valence-electron chi connectivity index (χ1n) is 11.2. The van der Waals surface area contributed by atoms with Crippen LogP contribution in [0.1, 0.15) is 63.5 Å². The van der Waals surface area contributed by atoms with Crippen LogP contribution in [0.3, 0.4) is 0 Å². The molecule has 0 saturated heterocycles. The topological polar surface area (TPSA) is 21.3 Å². The van der Waals surface area contributed by atoms with Gasteiger partial charge >= 0.3 is 0 Å². The molecule has 6 rings (SSSR count). The number of ether oxygens (including phenoxy) is 1. The van der Waals surface area contributed by atoms with Gasteiger partial charge in [-0.2, -0.15) is 0 Å². The number of hydrogen-bond acceptors (Lipinski definition) is 2. The predicted molar refractivity (Wildman–Crippen MR) is 119 cm³/mol. The Kier molecular flexibility index (Phi) is 4.91. The summed E-state index contributed by atoms with van der Waals surface area (Å²) in [5, 5.41) is 4.38. The van der Waals surface area contributed by atoms with Crippen molar-refractivity contribution in [2.45, 2.75) is 71.1 Å². The van der Waals surface area contributed by atoms with E-state index in [9.17, 15) is 4.39 Å². The molecule has 4 bridgehead atoms. The summed E-state index contributed by atoms with van der Waals surface area (Å²) in [4.78, 5) is 0. The summed E-state index contributed by atoms with van der Waals surface area (Å²) in [6.07, 6.45) is 8.03. The maximum absolute atomic E-state index is 14.1. The summed E-state index contributed by atoms with van der Waals surface area (Å²) in [6, 6.07) is 12.8. The minimum Gasteiger partial charge on any atom is -0.488 e. The molecule has 30 heavy (non-hydrogen) atoms. The van der Waals surface area contributed by atoms with Crippen molar-refractivity contribution in [2.75, 3.05) is 0 Å². The van der Waals surface area contributed by atoms with Gasteiger partial charge in [-0.15, -0.1) is 0 Å². The highest BCUT2D eigenvalue weighted by Gasteiger charge is 2.59. The van der Waals surface area contributed by atoms with Crippen molar-refractivity contribution in [3.8, 4) is 5.75 Å². The maximum Gasteiger partial charge on any atom is 0.131 e. The van der Waals surface area contributed by atoms with Crippen molar-refractivity contribution in [2.24, 2.45) is 16.7 Å². The molecule has 0 spiro atoms. The highest BCUT2D eigenvalue weighted by Crippen LogP contribution is 2.66. The molecule has 0 amide bonds. The van der Waals surface area contributed by atoms with Crippen LogP contribution in [0.4, 0.5) is 4.39 Å². The minimum atomic E-state index is -0.326. The average molecular weight is 428 g/mol. The standard InChI is InChI=1S/C26H31ClFNO/c1-24-10-18-11-25(2,15-24)17-26(12-18,16-24)29-13-19-6-3-4-9-23(19)30-14-20-21(27)7-5-8-22(20)28/h3-9,18,29H,10-17H2,1-2H3. The molecule has 2 atom stereocenters. The number of halogens is 2. The number of rotatable bonds is 6. The Morgan fingerprint density at radius 3 is 2.43 bits per heavy atom. The molecule has 4 fully saturated rings. The molecule has 4 aliphatic rings. The van der Waals surface area contributed by atoms with Crippen LogP contribution in [0.25, 0.3) is 0 Å². The summed E-state index contributed by atoms with van der Waals surface area (Å²) < 4.78 is 20.2. The van der Waals surface area contributed by atoms with Gasteiger partial charge in [0.1, 0.15) is 18.2 Å². The number of para-hydroxylation sites is 1. The maximum atomic E-state index is 14.1. The second-order valence-corrected chi connectivity index (χ2v) is 11.3. The third-order valence-corrected chi connectivity index (χ3v) is 8.04. The zero-order chi connectivity index (χ0) is 21.0. The van der Waals surface area contributed by atoms with E-state index in [4.69, 9.17) is 16.3 Å². The molecular weight excluding hydrogens is 397 g/mol. The number of hydrogen-bond donors (Lipinski definition) is 1. The molecule has 0 heterocycles.